The average Bonchev–Trinajstić information content (AvgIpc) is 2.71. The summed E-state index contributed by atoms with van der Waals surface area (Å²) in [4.78, 5) is 24.2. The van der Waals surface area contributed by atoms with Crippen molar-refractivity contribution in [1.82, 2.24) is 0 Å². The van der Waals surface area contributed by atoms with E-state index >= 15 is 0 Å². The molecule has 0 amide bonds. The Morgan fingerprint density at radius 1 is 0.781 bits per heavy atom. The monoisotopic (exact) mass is 448 g/mol. The highest BCUT2D eigenvalue weighted by atomic mass is 16.5. The van der Waals surface area contributed by atoms with Gasteiger partial charge >= 0.3 is 11.9 Å². The lowest BCUT2D eigenvalue weighted by molar-refractivity contribution is -0.140. The van der Waals surface area contributed by atoms with Crippen LogP contribution in [0.4, 0.5) is 0 Å². The first-order valence-electron chi connectivity index (χ1n) is 12.4. The summed E-state index contributed by atoms with van der Waals surface area (Å²) in [5.74, 6) is -2.32. The Kier molecular flexibility index (Phi) is 13.0. The van der Waals surface area contributed by atoms with E-state index in [-0.39, 0.29) is 11.8 Å². The molecule has 2 unspecified atom stereocenters. The van der Waals surface area contributed by atoms with Gasteiger partial charge in [-0.3, -0.25) is 9.59 Å². The van der Waals surface area contributed by atoms with Gasteiger partial charge < -0.3 is 14.9 Å². The molecule has 0 aromatic heterocycles. The van der Waals surface area contributed by atoms with E-state index in [0.717, 1.165) is 12.8 Å². The number of hydrogen-bond acceptors (Lipinski definition) is 3. The standard InChI is InChI=1S/C27H44O5/c1-6-7-8-9-10-11-12-15-32-21-13-14-22(24(26(28)29)16-19(2)3)23(18-21)25(27(30)31)17-20(4)5/h13-14,18-20,24-25H,6-12,15-17H2,1-5H3,(H,28,29)(H,30,31). The fourth-order valence-electron chi connectivity index (χ4n) is 4.18. The number of ether oxygens (including phenoxy) is 1. The molecule has 0 saturated heterocycles. The van der Waals surface area contributed by atoms with E-state index in [2.05, 4.69) is 6.92 Å². The molecule has 0 heterocycles. The maximum atomic E-state index is 12.1. The van der Waals surface area contributed by atoms with Crippen LogP contribution in [0.15, 0.2) is 18.2 Å². The molecule has 1 rings (SSSR count). The molecule has 5 heteroatoms. The van der Waals surface area contributed by atoms with Crippen molar-refractivity contribution in [3.8, 4) is 5.75 Å². The zero-order valence-electron chi connectivity index (χ0n) is 20.7. The molecule has 0 bridgehead atoms. The van der Waals surface area contributed by atoms with Crippen LogP contribution in [0.25, 0.3) is 0 Å². The van der Waals surface area contributed by atoms with Gasteiger partial charge in [-0.1, -0.05) is 79.2 Å². The first kappa shape index (κ1) is 28.0. The number of hydrogen-bond donors (Lipinski definition) is 2. The summed E-state index contributed by atoms with van der Waals surface area (Å²) >= 11 is 0. The van der Waals surface area contributed by atoms with Gasteiger partial charge in [0.1, 0.15) is 5.75 Å². The van der Waals surface area contributed by atoms with E-state index in [4.69, 9.17) is 4.74 Å². The Bertz CT molecular complexity index is 695. The van der Waals surface area contributed by atoms with Crippen LogP contribution in [0.2, 0.25) is 0 Å². The topological polar surface area (TPSA) is 83.8 Å². The molecule has 182 valence electrons. The van der Waals surface area contributed by atoms with Crippen LogP contribution < -0.4 is 4.74 Å². The number of benzene rings is 1. The van der Waals surface area contributed by atoms with Crippen LogP contribution in [0.3, 0.4) is 0 Å². The molecule has 32 heavy (non-hydrogen) atoms. The highest BCUT2D eigenvalue weighted by molar-refractivity contribution is 5.81. The van der Waals surface area contributed by atoms with Crippen molar-refractivity contribution in [3.63, 3.8) is 0 Å². The number of unbranched alkanes of at least 4 members (excludes halogenated alkanes) is 6. The molecule has 0 aliphatic rings. The second-order valence-electron chi connectivity index (χ2n) is 9.80. The van der Waals surface area contributed by atoms with Crippen LogP contribution >= 0.6 is 0 Å². The maximum absolute atomic E-state index is 12.1. The summed E-state index contributed by atoms with van der Waals surface area (Å²) in [6, 6.07) is 5.34. The molecule has 0 radical (unpaired) electrons. The van der Waals surface area contributed by atoms with E-state index in [0.29, 0.717) is 36.3 Å². The summed E-state index contributed by atoms with van der Waals surface area (Å²) in [6.07, 6.45) is 9.29. The van der Waals surface area contributed by atoms with Crippen molar-refractivity contribution in [2.24, 2.45) is 11.8 Å². The molecule has 5 nitrogen and oxygen atoms in total. The second-order valence-corrected chi connectivity index (χ2v) is 9.80. The van der Waals surface area contributed by atoms with Gasteiger partial charge in [0.25, 0.3) is 0 Å². The minimum Gasteiger partial charge on any atom is -0.494 e. The summed E-state index contributed by atoms with van der Waals surface area (Å²) in [6.45, 7) is 10.7. The van der Waals surface area contributed by atoms with Gasteiger partial charge in [0.15, 0.2) is 0 Å². The summed E-state index contributed by atoms with van der Waals surface area (Å²) in [7, 11) is 0. The molecule has 0 aliphatic carbocycles. The highest BCUT2D eigenvalue weighted by Crippen LogP contribution is 2.36. The SMILES string of the molecule is CCCCCCCCCOc1ccc(C(CC(C)C)C(=O)O)c(C(CC(C)C)C(=O)O)c1. The lowest BCUT2D eigenvalue weighted by Gasteiger charge is -2.24. The quantitative estimate of drug-likeness (QED) is 0.245. The molecular formula is C27H44O5. The van der Waals surface area contributed by atoms with Crippen LogP contribution in [-0.2, 0) is 9.59 Å². The van der Waals surface area contributed by atoms with Gasteiger partial charge in [0.05, 0.1) is 18.4 Å². The predicted molar refractivity (Wildman–Crippen MR) is 130 cm³/mol. The second kappa shape index (κ2) is 14.9. The van der Waals surface area contributed by atoms with E-state index in [9.17, 15) is 19.8 Å². The molecule has 1 aromatic carbocycles. The summed E-state index contributed by atoms with van der Waals surface area (Å²) < 4.78 is 5.95. The number of aliphatic carboxylic acids is 2. The van der Waals surface area contributed by atoms with Crippen LogP contribution in [0.1, 0.15) is 115 Å². The summed E-state index contributed by atoms with van der Waals surface area (Å²) in [5, 5.41) is 19.8. The maximum Gasteiger partial charge on any atom is 0.310 e. The molecule has 2 atom stereocenters. The van der Waals surface area contributed by atoms with Crippen molar-refractivity contribution in [2.45, 2.75) is 104 Å². The number of rotatable bonds is 17. The third kappa shape index (κ3) is 10.1. The van der Waals surface area contributed by atoms with Gasteiger partial charge in [-0.05, 0) is 54.4 Å². The molecular weight excluding hydrogens is 404 g/mol. The predicted octanol–water partition coefficient (Wildman–Crippen LogP) is 7.24. The van der Waals surface area contributed by atoms with Crippen molar-refractivity contribution in [3.05, 3.63) is 29.3 Å². The van der Waals surface area contributed by atoms with E-state index < -0.39 is 23.8 Å². The van der Waals surface area contributed by atoms with E-state index in [1.54, 1.807) is 18.2 Å². The molecule has 0 saturated carbocycles. The summed E-state index contributed by atoms with van der Waals surface area (Å²) in [5.41, 5.74) is 1.18. The van der Waals surface area contributed by atoms with Crippen molar-refractivity contribution in [1.29, 1.82) is 0 Å². The van der Waals surface area contributed by atoms with Gasteiger partial charge in [-0.25, -0.2) is 0 Å². The van der Waals surface area contributed by atoms with Crippen molar-refractivity contribution in [2.75, 3.05) is 6.61 Å². The Balaban J connectivity index is 3.03. The molecule has 1 aromatic rings. The normalized spacial score (nSPS) is 13.3. The molecule has 0 fully saturated rings. The zero-order chi connectivity index (χ0) is 24.1. The average molecular weight is 449 g/mol. The molecule has 0 spiro atoms. The number of carboxylic acids is 2. The fourth-order valence-corrected chi connectivity index (χ4v) is 4.18. The van der Waals surface area contributed by atoms with Gasteiger partial charge in [0, 0.05) is 0 Å². The zero-order valence-corrected chi connectivity index (χ0v) is 20.7. The fraction of sp³-hybridized carbons (Fsp3) is 0.704. The largest absolute Gasteiger partial charge is 0.494 e. The number of carboxylic acid groups (broad SMARTS) is 2. The Hall–Kier alpha value is -2.04. The van der Waals surface area contributed by atoms with E-state index in [1.165, 1.54) is 32.1 Å². The van der Waals surface area contributed by atoms with Gasteiger partial charge in [-0.15, -0.1) is 0 Å². The Morgan fingerprint density at radius 2 is 1.28 bits per heavy atom. The van der Waals surface area contributed by atoms with Crippen LogP contribution in [-0.4, -0.2) is 28.8 Å². The minimum atomic E-state index is -0.919. The molecule has 2 N–H and O–H groups in total. The van der Waals surface area contributed by atoms with Gasteiger partial charge in [0.2, 0.25) is 0 Å². The number of carbonyl (C=O) groups is 2. The minimum absolute atomic E-state index is 0.176. The Morgan fingerprint density at radius 3 is 1.78 bits per heavy atom. The van der Waals surface area contributed by atoms with Crippen LogP contribution in [0.5, 0.6) is 5.75 Å². The third-order valence-corrected chi connectivity index (χ3v) is 5.84. The lowest BCUT2D eigenvalue weighted by atomic mass is 9.81. The lowest BCUT2D eigenvalue weighted by Crippen LogP contribution is -2.21. The molecule has 0 aliphatic heterocycles. The third-order valence-electron chi connectivity index (χ3n) is 5.84. The Labute approximate surface area is 194 Å². The van der Waals surface area contributed by atoms with Crippen LogP contribution in [0, 0.1) is 11.8 Å². The van der Waals surface area contributed by atoms with E-state index in [1.807, 2.05) is 27.7 Å². The smallest absolute Gasteiger partial charge is 0.310 e. The highest BCUT2D eigenvalue weighted by Gasteiger charge is 2.30. The van der Waals surface area contributed by atoms with Gasteiger partial charge in [-0.2, -0.15) is 0 Å². The van der Waals surface area contributed by atoms with Crippen molar-refractivity contribution < 1.29 is 24.5 Å². The first-order valence-corrected chi connectivity index (χ1v) is 12.4. The van der Waals surface area contributed by atoms with Crippen molar-refractivity contribution >= 4 is 11.9 Å². The first-order chi connectivity index (χ1) is 15.2.